The van der Waals surface area contributed by atoms with Gasteiger partial charge in [0.1, 0.15) is 0 Å². The first kappa shape index (κ1) is 17.9. The first-order valence-electron chi connectivity index (χ1n) is 9.37. The Morgan fingerprint density at radius 3 is 1.24 bits per heavy atom. The molecule has 0 N–H and O–H groups in total. The van der Waals surface area contributed by atoms with Crippen LogP contribution in [-0.2, 0) is 0 Å². The van der Waals surface area contributed by atoms with Crippen LogP contribution in [0.5, 0.6) is 0 Å². The summed E-state index contributed by atoms with van der Waals surface area (Å²) in [4.78, 5) is 0. The first-order valence-corrected chi connectivity index (χ1v) is 12.2. The van der Waals surface area contributed by atoms with Gasteiger partial charge in [-0.15, -0.1) is 0 Å². The molecule has 25 heavy (non-hydrogen) atoms. The van der Waals surface area contributed by atoms with E-state index in [1.54, 1.807) is 0 Å². The minimum atomic E-state index is -2.47. The van der Waals surface area contributed by atoms with Crippen LogP contribution in [-0.4, -0.2) is 12.8 Å². The molecule has 3 rings (SSSR count). The fraction of sp³-hybridized carbons (Fsp3) is 0.250. The van der Waals surface area contributed by atoms with Crippen LogP contribution < -0.4 is 15.9 Å². The van der Waals surface area contributed by atoms with Crippen molar-refractivity contribution < 1.29 is 0 Å². The summed E-state index contributed by atoms with van der Waals surface area (Å²) in [7, 11) is 0. The van der Waals surface area contributed by atoms with Crippen LogP contribution in [0, 0.1) is 0 Å². The van der Waals surface area contributed by atoms with E-state index in [9.17, 15) is 0 Å². The second kappa shape index (κ2) is 7.54. The fourth-order valence-electron chi connectivity index (χ4n) is 4.09. The molecule has 0 radical (unpaired) electrons. The van der Waals surface area contributed by atoms with Gasteiger partial charge in [-0.1, -0.05) is 0 Å². The van der Waals surface area contributed by atoms with Crippen molar-refractivity contribution in [2.45, 2.75) is 26.2 Å². The van der Waals surface area contributed by atoms with E-state index in [1.807, 2.05) is 0 Å². The molecule has 130 valence electrons. The Bertz CT molecular complexity index is 679. The van der Waals surface area contributed by atoms with Gasteiger partial charge in [0.05, 0.1) is 0 Å². The number of benzene rings is 3. The standard InChI is InChI=1S/C24H29P/c1-3-4-14-21-25(2,22-15-8-5-9-16-22,23-17-10-6-11-18-23)24-19-12-7-13-20-24/h5-13,15-20H,3-4,14,21H2,1-2H3. The molecule has 0 fully saturated rings. The Kier molecular flexibility index (Phi) is 5.40. The van der Waals surface area contributed by atoms with Gasteiger partial charge >= 0.3 is 153 Å². The average Bonchev–Trinajstić information content (AvgIpc) is 2.70. The van der Waals surface area contributed by atoms with Crippen LogP contribution in [0.4, 0.5) is 0 Å². The summed E-state index contributed by atoms with van der Waals surface area (Å²) in [5.74, 6) is 0. The third kappa shape index (κ3) is 3.16. The third-order valence-corrected chi connectivity index (χ3v) is 12.2. The van der Waals surface area contributed by atoms with Crippen molar-refractivity contribution in [1.29, 1.82) is 0 Å². The molecule has 3 aromatic carbocycles. The van der Waals surface area contributed by atoms with E-state index in [2.05, 4.69) is 105 Å². The second-order valence-corrected chi connectivity index (χ2v) is 12.8. The van der Waals surface area contributed by atoms with Gasteiger partial charge in [-0.2, -0.15) is 0 Å². The maximum absolute atomic E-state index is 2.57. The fourth-order valence-corrected chi connectivity index (χ4v) is 9.71. The predicted molar refractivity (Wildman–Crippen MR) is 115 cm³/mol. The van der Waals surface area contributed by atoms with Gasteiger partial charge in [0.2, 0.25) is 0 Å². The zero-order valence-corrected chi connectivity index (χ0v) is 16.3. The number of hydrogen-bond acceptors (Lipinski definition) is 0. The zero-order valence-electron chi connectivity index (χ0n) is 15.4. The quantitative estimate of drug-likeness (QED) is 0.399. The van der Waals surface area contributed by atoms with Crippen molar-refractivity contribution >= 4 is 22.5 Å². The van der Waals surface area contributed by atoms with E-state index in [4.69, 9.17) is 0 Å². The summed E-state index contributed by atoms with van der Waals surface area (Å²) in [6.45, 7) is 2.39. The van der Waals surface area contributed by atoms with E-state index in [-0.39, 0.29) is 0 Å². The Balaban J connectivity index is 2.32. The molecule has 0 aliphatic heterocycles. The van der Waals surface area contributed by atoms with Crippen molar-refractivity contribution in [3.8, 4) is 0 Å². The van der Waals surface area contributed by atoms with Crippen LogP contribution in [0.1, 0.15) is 26.2 Å². The van der Waals surface area contributed by atoms with Gasteiger partial charge in [0, 0.05) is 0 Å². The van der Waals surface area contributed by atoms with Crippen molar-refractivity contribution in [2.24, 2.45) is 0 Å². The third-order valence-electron chi connectivity index (χ3n) is 5.69. The molecule has 0 saturated carbocycles. The van der Waals surface area contributed by atoms with Crippen molar-refractivity contribution in [1.82, 2.24) is 0 Å². The molecule has 0 spiro atoms. The Hall–Kier alpha value is -1.91. The minimum absolute atomic E-state index is 1.23. The Labute approximate surface area is 152 Å². The Morgan fingerprint density at radius 2 is 0.920 bits per heavy atom. The molecular formula is C24H29P. The predicted octanol–water partition coefficient (Wildman–Crippen LogP) is 5.34. The summed E-state index contributed by atoms with van der Waals surface area (Å²) in [6, 6.07) is 33.7. The van der Waals surface area contributed by atoms with Crippen LogP contribution >= 0.6 is 6.60 Å². The van der Waals surface area contributed by atoms with Crippen molar-refractivity contribution in [3.63, 3.8) is 0 Å². The molecule has 1 heteroatoms. The molecular weight excluding hydrogens is 319 g/mol. The SMILES string of the molecule is CCCCCP(C)(c1ccccc1)(c1ccccc1)c1ccccc1. The molecule has 0 atom stereocenters. The number of hydrogen-bond donors (Lipinski definition) is 0. The molecule has 0 aromatic heterocycles. The van der Waals surface area contributed by atoms with Gasteiger partial charge in [0.25, 0.3) is 0 Å². The van der Waals surface area contributed by atoms with Gasteiger partial charge < -0.3 is 0 Å². The summed E-state index contributed by atoms with van der Waals surface area (Å²) in [5, 5.41) is 4.51. The molecule has 0 unspecified atom stereocenters. The summed E-state index contributed by atoms with van der Waals surface area (Å²) in [5.41, 5.74) is 0. The molecule has 0 amide bonds. The number of unbranched alkanes of at least 4 members (excludes halogenated alkanes) is 2. The van der Waals surface area contributed by atoms with E-state index < -0.39 is 6.60 Å². The van der Waals surface area contributed by atoms with Crippen LogP contribution in [0.15, 0.2) is 91.0 Å². The molecule has 0 nitrogen and oxygen atoms in total. The molecule has 0 heterocycles. The molecule has 3 aromatic rings. The van der Waals surface area contributed by atoms with Crippen molar-refractivity contribution in [2.75, 3.05) is 12.8 Å². The molecule has 0 aliphatic rings. The van der Waals surface area contributed by atoms with E-state index >= 15 is 0 Å². The van der Waals surface area contributed by atoms with Crippen molar-refractivity contribution in [3.05, 3.63) is 91.0 Å². The van der Waals surface area contributed by atoms with Gasteiger partial charge in [0.15, 0.2) is 0 Å². The summed E-state index contributed by atoms with van der Waals surface area (Å²) in [6.07, 6.45) is 5.05. The normalized spacial score (nSPS) is 13.1. The molecule has 0 saturated heterocycles. The van der Waals surface area contributed by atoms with Crippen LogP contribution in [0.2, 0.25) is 0 Å². The van der Waals surface area contributed by atoms with Crippen LogP contribution in [0.25, 0.3) is 0 Å². The second-order valence-electron chi connectivity index (χ2n) is 7.23. The molecule has 0 bridgehead atoms. The average molecular weight is 348 g/mol. The molecule has 0 aliphatic carbocycles. The van der Waals surface area contributed by atoms with E-state index in [0.717, 1.165) is 0 Å². The topological polar surface area (TPSA) is 0 Å². The van der Waals surface area contributed by atoms with E-state index in [0.29, 0.717) is 0 Å². The first-order chi connectivity index (χ1) is 12.2. The summed E-state index contributed by atoms with van der Waals surface area (Å²) < 4.78 is 0. The van der Waals surface area contributed by atoms with Gasteiger partial charge in [-0.05, 0) is 0 Å². The zero-order chi connectivity index (χ0) is 17.6. The van der Waals surface area contributed by atoms with Gasteiger partial charge in [-0.25, -0.2) is 0 Å². The number of rotatable bonds is 7. The van der Waals surface area contributed by atoms with E-state index in [1.165, 1.54) is 41.3 Å². The monoisotopic (exact) mass is 348 g/mol. The van der Waals surface area contributed by atoms with Gasteiger partial charge in [-0.3, -0.25) is 0 Å². The summed E-state index contributed by atoms with van der Waals surface area (Å²) >= 11 is 0. The van der Waals surface area contributed by atoms with Crippen LogP contribution in [0.3, 0.4) is 0 Å². The Morgan fingerprint density at radius 1 is 0.560 bits per heavy atom. The maximum atomic E-state index is 2.57.